The van der Waals surface area contributed by atoms with E-state index in [-0.39, 0.29) is 0 Å². The van der Waals surface area contributed by atoms with E-state index in [0.29, 0.717) is 0 Å². The number of aromatic nitrogens is 1. The van der Waals surface area contributed by atoms with Gasteiger partial charge in [0, 0.05) is 36.9 Å². The molecule has 0 saturated carbocycles. The summed E-state index contributed by atoms with van der Waals surface area (Å²) in [6.07, 6.45) is 0. The van der Waals surface area contributed by atoms with Crippen molar-refractivity contribution < 1.29 is 0 Å². The van der Waals surface area contributed by atoms with Crippen LogP contribution in [-0.4, -0.2) is 4.98 Å². The van der Waals surface area contributed by atoms with E-state index in [1.54, 1.807) is 11.3 Å². The zero-order chi connectivity index (χ0) is 28.3. The van der Waals surface area contributed by atoms with Gasteiger partial charge in [0.05, 0.1) is 10.2 Å². The van der Waals surface area contributed by atoms with Crippen molar-refractivity contribution in [3.63, 3.8) is 0 Å². The molecule has 0 fully saturated rings. The molecule has 0 bridgehead atoms. The average molecular weight is 585 g/mol. The largest absolute Gasteiger partial charge is 0.286 e. The standard InChI is InChI=1S/C39H24N2S2/c1-2-8-25(9-3-1)26-14-17-28(18-15-26)41(29-19-22-36-34(24-29)32-12-6-7-13-35(32)42-36)39-40-38-33-20-16-27-10-4-5-11-30(27)31(33)21-23-37(38)43-39/h1-24H. The fourth-order valence-electron chi connectivity index (χ4n) is 6.22. The molecule has 7 aromatic carbocycles. The van der Waals surface area contributed by atoms with Crippen LogP contribution in [0, 0.1) is 0 Å². The normalized spacial score (nSPS) is 11.7. The van der Waals surface area contributed by atoms with Crippen molar-refractivity contribution in [1.82, 2.24) is 4.98 Å². The average Bonchev–Trinajstić information content (AvgIpc) is 3.67. The zero-order valence-corrected chi connectivity index (χ0v) is 24.7. The number of hydrogen-bond acceptors (Lipinski definition) is 4. The third kappa shape index (κ3) is 4.03. The molecule has 9 rings (SSSR count). The molecular formula is C39H24N2S2. The number of nitrogens with zero attached hydrogens (tertiary/aromatic N) is 2. The number of benzene rings is 7. The maximum Gasteiger partial charge on any atom is 0.195 e. The molecule has 0 aliphatic heterocycles. The van der Waals surface area contributed by atoms with Crippen LogP contribution in [0.3, 0.4) is 0 Å². The molecule has 0 saturated heterocycles. The molecule has 0 N–H and O–H groups in total. The van der Waals surface area contributed by atoms with Crippen molar-refractivity contribution in [1.29, 1.82) is 0 Å². The van der Waals surface area contributed by atoms with E-state index in [0.717, 1.165) is 22.0 Å². The molecule has 0 spiro atoms. The Bertz CT molecular complexity index is 2450. The first-order valence-corrected chi connectivity index (χ1v) is 16.0. The zero-order valence-electron chi connectivity index (χ0n) is 23.1. The van der Waals surface area contributed by atoms with Gasteiger partial charge in [0.15, 0.2) is 5.13 Å². The lowest BCUT2D eigenvalue weighted by Gasteiger charge is -2.23. The number of rotatable bonds is 4. The van der Waals surface area contributed by atoms with E-state index in [1.807, 2.05) is 11.3 Å². The van der Waals surface area contributed by atoms with E-state index >= 15 is 0 Å². The highest BCUT2D eigenvalue weighted by Gasteiger charge is 2.20. The van der Waals surface area contributed by atoms with E-state index < -0.39 is 0 Å². The number of thiophene rings is 1. The summed E-state index contributed by atoms with van der Waals surface area (Å²) < 4.78 is 3.80. The minimum Gasteiger partial charge on any atom is -0.286 e. The molecule has 0 aliphatic carbocycles. The molecule has 0 unspecified atom stereocenters. The van der Waals surface area contributed by atoms with E-state index in [2.05, 4.69) is 150 Å². The highest BCUT2D eigenvalue weighted by molar-refractivity contribution is 7.25. The van der Waals surface area contributed by atoms with Gasteiger partial charge in [-0.25, -0.2) is 4.98 Å². The quantitative estimate of drug-likeness (QED) is 0.191. The summed E-state index contributed by atoms with van der Waals surface area (Å²) in [6.45, 7) is 0. The monoisotopic (exact) mass is 584 g/mol. The van der Waals surface area contributed by atoms with Gasteiger partial charge < -0.3 is 0 Å². The van der Waals surface area contributed by atoms with Gasteiger partial charge in [-0.2, -0.15) is 0 Å². The third-order valence-electron chi connectivity index (χ3n) is 8.31. The summed E-state index contributed by atoms with van der Waals surface area (Å²) in [5.74, 6) is 0. The first-order chi connectivity index (χ1) is 21.3. The van der Waals surface area contributed by atoms with E-state index in [9.17, 15) is 0 Å². The molecule has 43 heavy (non-hydrogen) atoms. The Morgan fingerprint density at radius 1 is 0.419 bits per heavy atom. The second-order valence-electron chi connectivity index (χ2n) is 10.8. The van der Waals surface area contributed by atoms with Gasteiger partial charge in [-0.3, -0.25) is 4.90 Å². The van der Waals surface area contributed by atoms with E-state index in [4.69, 9.17) is 4.98 Å². The summed E-state index contributed by atoms with van der Waals surface area (Å²) in [6, 6.07) is 52.5. The van der Waals surface area contributed by atoms with Gasteiger partial charge in [0.1, 0.15) is 0 Å². The van der Waals surface area contributed by atoms with Crippen LogP contribution in [0.4, 0.5) is 16.5 Å². The molecule has 4 heteroatoms. The highest BCUT2D eigenvalue weighted by Crippen LogP contribution is 2.44. The summed E-state index contributed by atoms with van der Waals surface area (Å²) >= 11 is 3.59. The first-order valence-electron chi connectivity index (χ1n) is 14.4. The van der Waals surface area contributed by atoms with Crippen molar-refractivity contribution >= 4 is 91.1 Å². The molecule has 0 radical (unpaired) electrons. The Hall–Kier alpha value is -5.03. The summed E-state index contributed by atoms with van der Waals surface area (Å²) in [4.78, 5) is 7.68. The predicted molar refractivity (Wildman–Crippen MR) is 188 cm³/mol. The van der Waals surface area contributed by atoms with Crippen LogP contribution in [0.25, 0.3) is 63.1 Å². The topological polar surface area (TPSA) is 16.1 Å². The molecule has 0 aliphatic rings. The second kappa shape index (κ2) is 9.77. The lowest BCUT2D eigenvalue weighted by atomic mass is 10.0. The molecular weight excluding hydrogens is 561 g/mol. The van der Waals surface area contributed by atoms with Crippen LogP contribution in [0.2, 0.25) is 0 Å². The molecule has 9 aromatic rings. The minimum atomic E-state index is 0.960. The van der Waals surface area contributed by atoms with Crippen molar-refractivity contribution in [2.24, 2.45) is 0 Å². The Labute approximate surface area is 256 Å². The van der Waals surface area contributed by atoms with Gasteiger partial charge in [0.25, 0.3) is 0 Å². The van der Waals surface area contributed by atoms with Gasteiger partial charge >= 0.3 is 0 Å². The first kappa shape index (κ1) is 24.6. The lowest BCUT2D eigenvalue weighted by Crippen LogP contribution is -2.09. The van der Waals surface area contributed by atoms with Crippen LogP contribution in [0.5, 0.6) is 0 Å². The Morgan fingerprint density at radius 2 is 1.09 bits per heavy atom. The van der Waals surface area contributed by atoms with Crippen molar-refractivity contribution in [3.05, 3.63) is 146 Å². The molecule has 202 valence electrons. The van der Waals surface area contributed by atoms with Crippen LogP contribution in [0.15, 0.2) is 146 Å². The van der Waals surface area contributed by atoms with Crippen molar-refractivity contribution in [3.8, 4) is 11.1 Å². The summed E-state index contributed by atoms with van der Waals surface area (Å²) in [7, 11) is 0. The van der Waals surface area contributed by atoms with Crippen molar-refractivity contribution in [2.75, 3.05) is 4.90 Å². The van der Waals surface area contributed by atoms with Gasteiger partial charge in [-0.05, 0) is 69.8 Å². The highest BCUT2D eigenvalue weighted by atomic mass is 32.1. The van der Waals surface area contributed by atoms with Crippen LogP contribution >= 0.6 is 22.7 Å². The molecule has 0 atom stereocenters. The maximum atomic E-state index is 5.36. The molecule has 2 aromatic heterocycles. The maximum absolute atomic E-state index is 5.36. The summed E-state index contributed by atoms with van der Waals surface area (Å²) in [5.41, 5.74) is 5.66. The van der Waals surface area contributed by atoms with Gasteiger partial charge in [0.2, 0.25) is 0 Å². The van der Waals surface area contributed by atoms with Crippen LogP contribution in [0.1, 0.15) is 0 Å². The van der Waals surface area contributed by atoms with Crippen molar-refractivity contribution in [2.45, 2.75) is 0 Å². The molecule has 0 amide bonds. The predicted octanol–water partition coefficient (Wildman–Crippen LogP) is 12.1. The summed E-state index contributed by atoms with van der Waals surface area (Å²) in [5, 5.41) is 8.49. The number of anilines is 3. The SMILES string of the molecule is c1ccc(-c2ccc(N(c3ccc4sc5ccccc5c4c3)c3nc4c(ccc5c6ccccc6ccc54)s3)cc2)cc1. The van der Waals surface area contributed by atoms with E-state index in [1.165, 1.54) is 57.5 Å². The van der Waals surface area contributed by atoms with Crippen LogP contribution in [-0.2, 0) is 0 Å². The second-order valence-corrected chi connectivity index (χ2v) is 12.9. The number of thiazole rings is 1. The molecule has 2 nitrogen and oxygen atoms in total. The third-order valence-corrected chi connectivity index (χ3v) is 10.5. The smallest absolute Gasteiger partial charge is 0.195 e. The van der Waals surface area contributed by atoms with Gasteiger partial charge in [-0.15, -0.1) is 11.3 Å². The number of fused-ring (bicyclic) bond motifs is 8. The Morgan fingerprint density at radius 3 is 1.98 bits per heavy atom. The minimum absolute atomic E-state index is 0.960. The fraction of sp³-hybridized carbons (Fsp3) is 0. The van der Waals surface area contributed by atoms with Crippen LogP contribution < -0.4 is 4.90 Å². The number of hydrogen-bond donors (Lipinski definition) is 0. The Balaban J connectivity index is 1.25. The lowest BCUT2D eigenvalue weighted by molar-refractivity contribution is 1.26. The van der Waals surface area contributed by atoms with Gasteiger partial charge in [-0.1, -0.05) is 114 Å². The molecule has 2 heterocycles. The fourth-order valence-corrected chi connectivity index (χ4v) is 8.33. The Kier molecular flexibility index (Phi) is 5.58.